The van der Waals surface area contributed by atoms with Crippen LogP contribution in [0.3, 0.4) is 0 Å². The largest absolute Gasteiger partial charge is 0.363 e. The minimum Gasteiger partial charge on any atom is -0.363 e. The van der Waals surface area contributed by atoms with Crippen LogP contribution in [0.5, 0.6) is 0 Å². The van der Waals surface area contributed by atoms with Gasteiger partial charge in [0.25, 0.3) is 0 Å². The summed E-state index contributed by atoms with van der Waals surface area (Å²) < 4.78 is 0. The van der Waals surface area contributed by atoms with Crippen LogP contribution in [-0.2, 0) is 0 Å². The molecular formula is C15H13N3S2. The molecule has 0 amide bonds. The first-order valence-electron chi connectivity index (χ1n) is 6.58. The predicted molar refractivity (Wildman–Crippen MR) is 85.6 cm³/mol. The molecule has 0 saturated carbocycles. The molecule has 1 aliphatic rings. The second-order valence-corrected chi connectivity index (χ2v) is 6.76. The number of hydrogen-bond acceptors (Lipinski definition) is 5. The van der Waals surface area contributed by atoms with E-state index in [0.29, 0.717) is 6.04 Å². The Morgan fingerprint density at radius 3 is 3.10 bits per heavy atom. The number of anilines is 1. The van der Waals surface area contributed by atoms with Gasteiger partial charge in [-0.2, -0.15) is 0 Å². The summed E-state index contributed by atoms with van der Waals surface area (Å²) >= 11 is 3.59. The molecule has 4 rings (SSSR count). The summed E-state index contributed by atoms with van der Waals surface area (Å²) in [4.78, 5) is 11.2. The highest BCUT2D eigenvalue weighted by Gasteiger charge is 2.21. The maximum Gasteiger partial charge on any atom is 0.138 e. The van der Waals surface area contributed by atoms with Crippen LogP contribution in [-0.4, -0.2) is 15.7 Å². The number of hydrogen-bond donors (Lipinski definition) is 1. The smallest absolute Gasteiger partial charge is 0.138 e. The maximum absolute atomic E-state index is 4.42. The molecule has 3 heterocycles. The van der Waals surface area contributed by atoms with E-state index < -0.39 is 0 Å². The quantitative estimate of drug-likeness (QED) is 0.764. The fourth-order valence-electron chi connectivity index (χ4n) is 2.56. The van der Waals surface area contributed by atoms with Gasteiger partial charge in [-0.25, -0.2) is 9.97 Å². The van der Waals surface area contributed by atoms with Crippen LogP contribution in [0.1, 0.15) is 18.0 Å². The lowest BCUT2D eigenvalue weighted by atomic mass is 10.0. The highest BCUT2D eigenvalue weighted by molar-refractivity contribution is 7.99. The van der Waals surface area contributed by atoms with Crippen molar-refractivity contribution in [2.45, 2.75) is 17.4 Å². The van der Waals surface area contributed by atoms with Crippen LogP contribution >= 0.6 is 23.1 Å². The maximum atomic E-state index is 4.42. The third-order valence-corrected chi connectivity index (χ3v) is 5.47. The summed E-state index contributed by atoms with van der Waals surface area (Å²) in [6.07, 6.45) is 2.77. The van der Waals surface area contributed by atoms with Gasteiger partial charge in [0.1, 0.15) is 17.0 Å². The zero-order chi connectivity index (χ0) is 13.4. The second kappa shape index (κ2) is 5.07. The van der Waals surface area contributed by atoms with Gasteiger partial charge in [-0.05, 0) is 29.5 Å². The number of nitrogens with one attached hydrogen (secondary N) is 1. The van der Waals surface area contributed by atoms with E-state index in [4.69, 9.17) is 0 Å². The van der Waals surface area contributed by atoms with Crippen LogP contribution in [0.4, 0.5) is 5.82 Å². The lowest BCUT2D eigenvalue weighted by Crippen LogP contribution is -2.16. The zero-order valence-corrected chi connectivity index (χ0v) is 12.4. The zero-order valence-electron chi connectivity index (χ0n) is 10.7. The number of thioether (sulfide) groups is 1. The molecule has 100 valence electrons. The van der Waals surface area contributed by atoms with E-state index in [0.717, 1.165) is 28.2 Å². The van der Waals surface area contributed by atoms with Gasteiger partial charge in [-0.15, -0.1) is 23.1 Å². The molecule has 0 radical (unpaired) electrons. The van der Waals surface area contributed by atoms with Crippen molar-refractivity contribution in [3.05, 3.63) is 47.6 Å². The molecule has 3 aromatic rings. The fraction of sp³-hybridized carbons (Fsp3) is 0.200. The highest BCUT2D eigenvalue weighted by Crippen LogP contribution is 2.38. The lowest BCUT2D eigenvalue weighted by Gasteiger charge is -2.26. The molecule has 1 unspecified atom stereocenters. The summed E-state index contributed by atoms with van der Waals surface area (Å²) in [6, 6.07) is 11.1. The number of benzene rings is 1. The Kier molecular flexibility index (Phi) is 3.09. The third-order valence-electron chi connectivity index (χ3n) is 3.53. The van der Waals surface area contributed by atoms with Gasteiger partial charge in [0, 0.05) is 10.6 Å². The van der Waals surface area contributed by atoms with Crippen molar-refractivity contribution < 1.29 is 0 Å². The van der Waals surface area contributed by atoms with Crippen LogP contribution in [0.15, 0.2) is 46.9 Å². The molecule has 1 atom stereocenters. The van der Waals surface area contributed by atoms with Crippen molar-refractivity contribution in [3.63, 3.8) is 0 Å². The van der Waals surface area contributed by atoms with E-state index in [1.807, 2.05) is 11.8 Å². The van der Waals surface area contributed by atoms with Crippen molar-refractivity contribution in [1.29, 1.82) is 0 Å². The molecule has 0 fully saturated rings. The van der Waals surface area contributed by atoms with Gasteiger partial charge in [-0.3, -0.25) is 0 Å². The number of thiophene rings is 1. The standard InChI is InChI=1S/C15H13N3S2/c1-2-4-13-10(3-1)12(6-8-19-13)18-14-11-5-7-20-15(11)17-9-16-14/h1-5,7,9,12H,6,8H2,(H,16,17,18). The van der Waals surface area contributed by atoms with Crippen LogP contribution in [0.25, 0.3) is 10.2 Å². The summed E-state index contributed by atoms with van der Waals surface area (Å²) in [5.74, 6) is 2.09. The van der Waals surface area contributed by atoms with Gasteiger partial charge in [-0.1, -0.05) is 18.2 Å². The predicted octanol–water partition coefficient (Wildman–Crippen LogP) is 4.34. The van der Waals surface area contributed by atoms with E-state index in [9.17, 15) is 0 Å². The molecule has 1 aliphatic heterocycles. The van der Waals surface area contributed by atoms with Crippen LogP contribution in [0.2, 0.25) is 0 Å². The first kappa shape index (κ1) is 12.2. The average Bonchev–Trinajstić information content (AvgIpc) is 2.97. The summed E-state index contributed by atoms with van der Waals surface area (Å²) in [5, 5.41) is 6.79. The van der Waals surface area contributed by atoms with Crippen molar-refractivity contribution in [2.75, 3.05) is 11.1 Å². The first-order valence-corrected chi connectivity index (χ1v) is 8.45. The van der Waals surface area contributed by atoms with Crippen molar-refractivity contribution >= 4 is 39.1 Å². The van der Waals surface area contributed by atoms with Gasteiger partial charge in [0.15, 0.2) is 0 Å². The number of rotatable bonds is 2. The molecule has 2 aromatic heterocycles. The third kappa shape index (κ3) is 2.07. The molecule has 0 spiro atoms. The monoisotopic (exact) mass is 299 g/mol. The summed E-state index contributed by atoms with van der Waals surface area (Å²) in [7, 11) is 0. The molecule has 1 N–H and O–H groups in total. The van der Waals surface area contributed by atoms with Crippen LogP contribution in [0, 0.1) is 0 Å². The molecular weight excluding hydrogens is 286 g/mol. The average molecular weight is 299 g/mol. The lowest BCUT2D eigenvalue weighted by molar-refractivity contribution is 0.725. The molecule has 20 heavy (non-hydrogen) atoms. The Hall–Kier alpha value is -1.59. The number of fused-ring (bicyclic) bond motifs is 2. The van der Waals surface area contributed by atoms with E-state index in [1.54, 1.807) is 17.7 Å². The molecule has 1 aromatic carbocycles. The number of nitrogens with zero attached hydrogens (tertiary/aromatic N) is 2. The topological polar surface area (TPSA) is 37.8 Å². The Morgan fingerprint density at radius 1 is 1.15 bits per heavy atom. The minimum atomic E-state index is 0.338. The van der Waals surface area contributed by atoms with Gasteiger partial charge >= 0.3 is 0 Å². The fourth-order valence-corrected chi connectivity index (χ4v) is 4.42. The Morgan fingerprint density at radius 2 is 2.10 bits per heavy atom. The minimum absolute atomic E-state index is 0.338. The van der Waals surface area contributed by atoms with Gasteiger partial charge < -0.3 is 5.32 Å². The second-order valence-electron chi connectivity index (χ2n) is 4.73. The van der Waals surface area contributed by atoms with Gasteiger partial charge in [0.2, 0.25) is 0 Å². The molecule has 3 nitrogen and oxygen atoms in total. The number of aromatic nitrogens is 2. The molecule has 0 aliphatic carbocycles. The van der Waals surface area contributed by atoms with E-state index >= 15 is 0 Å². The normalized spacial score (nSPS) is 17.9. The Balaban J connectivity index is 1.72. The highest BCUT2D eigenvalue weighted by atomic mass is 32.2. The molecule has 5 heteroatoms. The summed E-state index contributed by atoms with van der Waals surface area (Å²) in [6.45, 7) is 0. The van der Waals surface area contributed by atoms with E-state index in [2.05, 4.69) is 51.0 Å². The summed E-state index contributed by atoms with van der Waals surface area (Å²) in [5.41, 5.74) is 1.38. The Bertz CT molecular complexity index is 753. The Labute approximate surface area is 125 Å². The van der Waals surface area contributed by atoms with Gasteiger partial charge in [0.05, 0.1) is 11.4 Å². The van der Waals surface area contributed by atoms with Crippen LogP contribution < -0.4 is 5.32 Å². The van der Waals surface area contributed by atoms with Crippen molar-refractivity contribution in [2.24, 2.45) is 0 Å². The van der Waals surface area contributed by atoms with Crippen molar-refractivity contribution in [1.82, 2.24) is 9.97 Å². The van der Waals surface area contributed by atoms with E-state index in [1.165, 1.54) is 10.5 Å². The van der Waals surface area contributed by atoms with E-state index in [-0.39, 0.29) is 0 Å². The SMILES string of the molecule is c1ccc2c(c1)SCCC2Nc1ncnc2sccc12. The molecule has 0 bridgehead atoms. The first-order chi connectivity index (χ1) is 9.92. The molecule has 0 saturated heterocycles. The van der Waals surface area contributed by atoms with Crippen molar-refractivity contribution in [3.8, 4) is 0 Å².